The van der Waals surface area contributed by atoms with Crippen LogP contribution in [0.2, 0.25) is 0 Å². The molecule has 6 nitrogen and oxygen atoms in total. The second-order valence-electron chi connectivity index (χ2n) is 6.77. The molecule has 3 aromatic rings. The average Bonchev–Trinajstić information content (AvgIpc) is 3.43. The molecular formula is C22H21N3O3S. The first-order valence-electron chi connectivity index (χ1n) is 9.52. The molecule has 2 amide bonds. The van der Waals surface area contributed by atoms with E-state index < -0.39 is 0 Å². The molecule has 1 aromatic heterocycles. The fourth-order valence-electron chi connectivity index (χ4n) is 2.71. The molecule has 29 heavy (non-hydrogen) atoms. The van der Waals surface area contributed by atoms with Crippen LogP contribution in [-0.4, -0.2) is 36.0 Å². The average molecular weight is 407 g/mol. The lowest BCUT2D eigenvalue weighted by molar-refractivity contribution is 0.0943. The minimum absolute atomic E-state index is 0.0454. The summed E-state index contributed by atoms with van der Waals surface area (Å²) >= 11 is 1.32. The van der Waals surface area contributed by atoms with Gasteiger partial charge in [0.25, 0.3) is 11.8 Å². The van der Waals surface area contributed by atoms with E-state index in [0.717, 1.165) is 29.2 Å². The van der Waals surface area contributed by atoms with Crippen LogP contribution in [0.25, 0.3) is 10.6 Å². The normalized spacial score (nSPS) is 13.0. The second-order valence-corrected chi connectivity index (χ2v) is 7.80. The first-order valence-corrected chi connectivity index (χ1v) is 10.3. The maximum atomic E-state index is 12.3. The van der Waals surface area contributed by atoms with Gasteiger partial charge in [0, 0.05) is 17.2 Å². The number of carbonyl (C=O) groups is 2. The summed E-state index contributed by atoms with van der Waals surface area (Å²) < 4.78 is 5.57. The second kappa shape index (κ2) is 8.87. The Hall–Kier alpha value is -3.19. The number of ether oxygens (including phenoxy) is 1. The summed E-state index contributed by atoms with van der Waals surface area (Å²) in [6.45, 7) is 0.803. The molecule has 1 aliphatic carbocycles. The maximum absolute atomic E-state index is 12.3. The third kappa shape index (κ3) is 5.20. The summed E-state index contributed by atoms with van der Waals surface area (Å²) in [6, 6.07) is 17.1. The van der Waals surface area contributed by atoms with Crippen molar-refractivity contribution in [2.45, 2.75) is 18.9 Å². The smallest absolute Gasteiger partial charge is 0.263 e. The van der Waals surface area contributed by atoms with Crippen molar-refractivity contribution in [2.75, 3.05) is 13.2 Å². The van der Waals surface area contributed by atoms with Crippen LogP contribution < -0.4 is 15.4 Å². The highest BCUT2D eigenvalue weighted by atomic mass is 32.1. The van der Waals surface area contributed by atoms with Crippen molar-refractivity contribution >= 4 is 23.2 Å². The number of aromatic nitrogens is 1. The first kappa shape index (κ1) is 19.1. The van der Waals surface area contributed by atoms with E-state index >= 15 is 0 Å². The van der Waals surface area contributed by atoms with Crippen LogP contribution in [0.15, 0.2) is 60.8 Å². The van der Waals surface area contributed by atoms with Crippen molar-refractivity contribution in [2.24, 2.45) is 0 Å². The molecule has 0 aliphatic heterocycles. The molecular weight excluding hydrogens is 386 g/mol. The molecule has 0 bridgehead atoms. The summed E-state index contributed by atoms with van der Waals surface area (Å²) in [5, 5.41) is 6.54. The third-order valence-corrected chi connectivity index (χ3v) is 5.48. The van der Waals surface area contributed by atoms with Crippen LogP contribution in [-0.2, 0) is 0 Å². The van der Waals surface area contributed by atoms with Gasteiger partial charge in [0.1, 0.15) is 22.2 Å². The van der Waals surface area contributed by atoms with Crippen molar-refractivity contribution in [1.82, 2.24) is 15.6 Å². The van der Waals surface area contributed by atoms with Gasteiger partial charge in [-0.05, 0) is 37.1 Å². The highest BCUT2D eigenvalue weighted by Crippen LogP contribution is 2.26. The van der Waals surface area contributed by atoms with Gasteiger partial charge in [0.2, 0.25) is 0 Å². The van der Waals surface area contributed by atoms with Crippen molar-refractivity contribution in [3.05, 3.63) is 71.2 Å². The predicted octanol–water partition coefficient (Wildman–Crippen LogP) is 3.51. The summed E-state index contributed by atoms with van der Waals surface area (Å²) in [7, 11) is 0. The number of carbonyl (C=O) groups excluding carboxylic acids is 2. The van der Waals surface area contributed by atoms with Crippen LogP contribution in [0, 0.1) is 0 Å². The summed E-state index contributed by atoms with van der Waals surface area (Å²) in [5.41, 5.74) is 1.51. The molecule has 0 unspecified atom stereocenters. The Balaban J connectivity index is 1.29. The molecule has 0 atom stereocenters. The lowest BCUT2D eigenvalue weighted by Crippen LogP contribution is -2.27. The van der Waals surface area contributed by atoms with Gasteiger partial charge in [0.15, 0.2) is 0 Å². The molecule has 0 saturated heterocycles. The fraction of sp³-hybridized carbons (Fsp3) is 0.227. The molecule has 148 valence electrons. The van der Waals surface area contributed by atoms with E-state index in [-0.39, 0.29) is 11.8 Å². The molecule has 0 radical (unpaired) electrons. The van der Waals surface area contributed by atoms with E-state index in [4.69, 9.17) is 4.74 Å². The summed E-state index contributed by atoms with van der Waals surface area (Å²) in [6.07, 6.45) is 3.69. The number of thiazole rings is 1. The first-order chi connectivity index (χ1) is 14.2. The van der Waals surface area contributed by atoms with Gasteiger partial charge in [-0.25, -0.2) is 4.98 Å². The van der Waals surface area contributed by atoms with E-state index in [1.165, 1.54) is 11.3 Å². The number of hydrogen-bond donors (Lipinski definition) is 2. The van der Waals surface area contributed by atoms with E-state index in [0.29, 0.717) is 29.6 Å². The molecule has 2 N–H and O–H groups in total. The van der Waals surface area contributed by atoms with E-state index in [1.54, 1.807) is 18.3 Å². The van der Waals surface area contributed by atoms with E-state index in [1.807, 2.05) is 42.5 Å². The van der Waals surface area contributed by atoms with Gasteiger partial charge in [-0.1, -0.05) is 30.3 Å². The van der Waals surface area contributed by atoms with Gasteiger partial charge >= 0.3 is 0 Å². The van der Waals surface area contributed by atoms with Crippen LogP contribution >= 0.6 is 11.3 Å². The number of rotatable bonds is 8. The van der Waals surface area contributed by atoms with Crippen molar-refractivity contribution in [3.63, 3.8) is 0 Å². The number of nitrogens with zero attached hydrogens (tertiary/aromatic N) is 1. The number of benzene rings is 2. The SMILES string of the molecule is O=C(NC1CC1)c1ccc(-c2ncc(C(=O)NCCOc3ccccc3)s2)cc1. The fourth-order valence-corrected chi connectivity index (χ4v) is 3.55. The third-order valence-electron chi connectivity index (χ3n) is 4.44. The zero-order chi connectivity index (χ0) is 20.1. The van der Waals surface area contributed by atoms with Crippen molar-refractivity contribution in [3.8, 4) is 16.3 Å². The Kier molecular flexibility index (Phi) is 5.86. The monoisotopic (exact) mass is 407 g/mol. The van der Waals surface area contributed by atoms with Gasteiger partial charge in [0.05, 0.1) is 12.7 Å². The number of nitrogens with one attached hydrogen (secondary N) is 2. The number of para-hydroxylation sites is 1. The van der Waals surface area contributed by atoms with Crippen molar-refractivity contribution in [1.29, 1.82) is 0 Å². The van der Waals surface area contributed by atoms with Gasteiger partial charge in [-0.2, -0.15) is 0 Å². The van der Waals surface area contributed by atoms with Crippen LogP contribution in [0.1, 0.15) is 32.9 Å². The standard InChI is InChI=1S/C22H21N3O3S/c26-20(25-17-10-11-17)15-6-8-16(9-7-15)22-24-14-19(29-22)21(27)23-12-13-28-18-4-2-1-3-5-18/h1-9,14,17H,10-13H2,(H,23,27)(H,25,26). The minimum atomic E-state index is -0.175. The largest absolute Gasteiger partial charge is 0.492 e. The molecule has 4 rings (SSSR count). The lowest BCUT2D eigenvalue weighted by Gasteiger charge is -2.06. The Bertz CT molecular complexity index is 982. The lowest BCUT2D eigenvalue weighted by atomic mass is 10.1. The quantitative estimate of drug-likeness (QED) is 0.560. The molecule has 1 aliphatic rings. The predicted molar refractivity (Wildman–Crippen MR) is 112 cm³/mol. The summed E-state index contributed by atoms with van der Waals surface area (Å²) in [4.78, 5) is 29.2. The van der Waals surface area contributed by atoms with Crippen molar-refractivity contribution < 1.29 is 14.3 Å². The van der Waals surface area contributed by atoms with Gasteiger partial charge in [-0.15, -0.1) is 11.3 Å². The Labute approximate surface area is 172 Å². The molecule has 1 saturated carbocycles. The topological polar surface area (TPSA) is 80.3 Å². The number of amides is 2. The Morgan fingerprint density at radius 1 is 1.03 bits per heavy atom. The van der Waals surface area contributed by atoms with Crippen LogP contribution in [0.5, 0.6) is 5.75 Å². The zero-order valence-corrected chi connectivity index (χ0v) is 16.6. The molecule has 7 heteroatoms. The highest BCUT2D eigenvalue weighted by Gasteiger charge is 2.23. The molecule has 2 aromatic carbocycles. The van der Waals surface area contributed by atoms with Gasteiger partial charge in [-0.3, -0.25) is 9.59 Å². The summed E-state index contributed by atoms with van der Waals surface area (Å²) in [5.74, 6) is 0.554. The molecule has 1 heterocycles. The highest BCUT2D eigenvalue weighted by molar-refractivity contribution is 7.16. The van der Waals surface area contributed by atoms with E-state index in [2.05, 4.69) is 15.6 Å². The zero-order valence-electron chi connectivity index (χ0n) is 15.8. The minimum Gasteiger partial charge on any atom is -0.492 e. The van der Waals surface area contributed by atoms with Gasteiger partial charge < -0.3 is 15.4 Å². The molecule has 0 spiro atoms. The van der Waals surface area contributed by atoms with Crippen LogP contribution in [0.4, 0.5) is 0 Å². The molecule has 1 fully saturated rings. The Morgan fingerprint density at radius 2 is 1.79 bits per heavy atom. The van der Waals surface area contributed by atoms with Crippen LogP contribution in [0.3, 0.4) is 0 Å². The Morgan fingerprint density at radius 3 is 2.52 bits per heavy atom. The maximum Gasteiger partial charge on any atom is 0.263 e. The number of hydrogen-bond acceptors (Lipinski definition) is 5. The van der Waals surface area contributed by atoms with E-state index in [9.17, 15) is 9.59 Å².